The van der Waals surface area contributed by atoms with E-state index in [4.69, 9.17) is 4.74 Å². The minimum atomic E-state index is 0.00891. The molecule has 1 atom stereocenters. The molecule has 2 amide bonds. The highest BCUT2D eigenvalue weighted by molar-refractivity contribution is 5.78. The smallest absolute Gasteiger partial charge is 0.234 e. The molecular formula is C20H32N4O3. The average Bonchev–Trinajstić information content (AvgIpc) is 2.67. The van der Waals surface area contributed by atoms with E-state index in [9.17, 15) is 9.59 Å². The van der Waals surface area contributed by atoms with Gasteiger partial charge in [-0.2, -0.15) is 0 Å². The maximum atomic E-state index is 12.1. The summed E-state index contributed by atoms with van der Waals surface area (Å²) in [6, 6.07) is 9.78. The van der Waals surface area contributed by atoms with Crippen molar-refractivity contribution in [3.63, 3.8) is 0 Å². The largest absolute Gasteiger partial charge is 0.492 e. The number of hydrogen-bond donors (Lipinski definition) is 2. The molecule has 2 rings (SSSR count). The third-order valence-corrected chi connectivity index (χ3v) is 4.66. The summed E-state index contributed by atoms with van der Waals surface area (Å²) < 4.78 is 5.56. The van der Waals surface area contributed by atoms with Crippen LogP contribution in [0.2, 0.25) is 0 Å². The Morgan fingerprint density at radius 1 is 1.04 bits per heavy atom. The summed E-state index contributed by atoms with van der Waals surface area (Å²) in [5.41, 5.74) is 0. The van der Waals surface area contributed by atoms with Gasteiger partial charge in [-0.1, -0.05) is 25.1 Å². The zero-order chi connectivity index (χ0) is 19.5. The van der Waals surface area contributed by atoms with Crippen molar-refractivity contribution in [2.75, 3.05) is 52.4 Å². The van der Waals surface area contributed by atoms with Crippen LogP contribution in [0.3, 0.4) is 0 Å². The summed E-state index contributed by atoms with van der Waals surface area (Å²) in [6.07, 6.45) is 0.936. The van der Waals surface area contributed by atoms with Crippen LogP contribution in [0, 0.1) is 0 Å². The molecule has 1 fully saturated rings. The zero-order valence-electron chi connectivity index (χ0n) is 16.4. The summed E-state index contributed by atoms with van der Waals surface area (Å²) >= 11 is 0. The van der Waals surface area contributed by atoms with Gasteiger partial charge in [-0.15, -0.1) is 0 Å². The third-order valence-electron chi connectivity index (χ3n) is 4.66. The molecule has 1 aromatic carbocycles. The Kier molecular flexibility index (Phi) is 9.07. The molecule has 7 heteroatoms. The van der Waals surface area contributed by atoms with E-state index in [0.29, 0.717) is 26.2 Å². The first-order valence-electron chi connectivity index (χ1n) is 9.75. The fourth-order valence-electron chi connectivity index (χ4n) is 2.87. The highest BCUT2D eigenvalue weighted by atomic mass is 16.5. The fraction of sp³-hybridized carbons (Fsp3) is 0.600. The topological polar surface area (TPSA) is 73.9 Å². The van der Waals surface area contributed by atoms with Gasteiger partial charge in [0.1, 0.15) is 12.4 Å². The predicted octanol–water partition coefficient (Wildman–Crippen LogP) is 0.714. The molecule has 0 spiro atoms. The normalized spacial score (nSPS) is 16.5. The number of rotatable bonds is 10. The number of ether oxygens (including phenoxy) is 1. The highest BCUT2D eigenvalue weighted by Crippen LogP contribution is 2.07. The summed E-state index contributed by atoms with van der Waals surface area (Å²) in [4.78, 5) is 28.3. The van der Waals surface area contributed by atoms with Crippen LogP contribution in [-0.2, 0) is 9.59 Å². The van der Waals surface area contributed by atoms with E-state index >= 15 is 0 Å². The van der Waals surface area contributed by atoms with Crippen molar-refractivity contribution in [1.29, 1.82) is 0 Å². The molecule has 0 saturated carbocycles. The number of para-hydroxylation sites is 1. The first-order valence-corrected chi connectivity index (χ1v) is 9.75. The highest BCUT2D eigenvalue weighted by Gasteiger charge is 2.20. The number of hydrogen-bond acceptors (Lipinski definition) is 5. The third kappa shape index (κ3) is 8.41. The lowest BCUT2D eigenvalue weighted by Gasteiger charge is -2.34. The standard InChI is InChI=1S/C20H32N4O3/c1-3-17(2)22-20(26)16-24-12-10-23(11-13-24)15-19(25)21-9-14-27-18-7-5-4-6-8-18/h4-8,17H,3,9-16H2,1-2H3,(H,21,25)(H,22,26). The molecule has 7 nitrogen and oxygen atoms in total. The minimum Gasteiger partial charge on any atom is -0.492 e. The van der Waals surface area contributed by atoms with E-state index in [1.165, 1.54) is 0 Å². The SMILES string of the molecule is CCC(C)NC(=O)CN1CCN(CC(=O)NCCOc2ccccc2)CC1. The maximum absolute atomic E-state index is 12.1. The van der Waals surface area contributed by atoms with E-state index in [1.54, 1.807) is 0 Å². The Morgan fingerprint density at radius 2 is 1.63 bits per heavy atom. The van der Waals surface area contributed by atoms with Crippen molar-refractivity contribution in [3.8, 4) is 5.75 Å². The van der Waals surface area contributed by atoms with Crippen molar-refractivity contribution in [2.45, 2.75) is 26.3 Å². The molecule has 1 unspecified atom stereocenters. The van der Waals surface area contributed by atoms with E-state index in [0.717, 1.165) is 38.3 Å². The van der Waals surface area contributed by atoms with Crippen LogP contribution in [-0.4, -0.2) is 80.1 Å². The molecule has 1 aliphatic rings. The second kappa shape index (κ2) is 11.6. The number of nitrogens with one attached hydrogen (secondary N) is 2. The van der Waals surface area contributed by atoms with E-state index in [-0.39, 0.29) is 17.9 Å². The molecule has 0 aromatic heterocycles. The van der Waals surface area contributed by atoms with Gasteiger partial charge in [-0.05, 0) is 25.5 Å². The number of carbonyl (C=O) groups excluding carboxylic acids is 2. The van der Waals surface area contributed by atoms with Gasteiger partial charge in [0.15, 0.2) is 0 Å². The van der Waals surface area contributed by atoms with Gasteiger partial charge in [0.2, 0.25) is 11.8 Å². The van der Waals surface area contributed by atoms with Crippen LogP contribution in [0.15, 0.2) is 30.3 Å². The Balaban J connectivity index is 1.55. The molecule has 0 aliphatic carbocycles. The monoisotopic (exact) mass is 376 g/mol. The van der Waals surface area contributed by atoms with Gasteiger partial charge in [0, 0.05) is 32.2 Å². The Bertz CT molecular complexity index is 574. The molecular weight excluding hydrogens is 344 g/mol. The lowest BCUT2D eigenvalue weighted by atomic mass is 10.2. The van der Waals surface area contributed by atoms with Crippen LogP contribution in [0.4, 0.5) is 0 Å². The number of nitrogens with zero attached hydrogens (tertiary/aromatic N) is 2. The van der Waals surface area contributed by atoms with Gasteiger partial charge in [0.05, 0.1) is 19.6 Å². The lowest BCUT2D eigenvalue weighted by Crippen LogP contribution is -2.52. The quantitative estimate of drug-likeness (QED) is 0.589. The van der Waals surface area contributed by atoms with Gasteiger partial charge >= 0.3 is 0 Å². The van der Waals surface area contributed by atoms with Crippen LogP contribution in [0.1, 0.15) is 20.3 Å². The lowest BCUT2D eigenvalue weighted by molar-refractivity contribution is -0.125. The number of carbonyl (C=O) groups is 2. The summed E-state index contributed by atoms with van der Waals surface area (Å²) in [5.74, 6) is 0.892. The van der Waals surface area contributed by atoms with Gasteiger partial charge in [0.25, 0.3) is 0 Å². The Labute approximate surface area is 162 Å². The fourth-order valence-corrected chi connectivity index (χ4v) is 2.87. The van der Waals surface area contributed by atoms with Crippen LogP contribution in [0.25, 0.3) is 0 Å². The second-order valence-electron chi connectivity index (χ2n) is 6.94. The summed E-state index contributed by atoms with van der Waals surface area (Å²) in [5, 5.41) is 5.88. The predicted molar refractivity (Wildman–Crippen MR) is 106 cm³/mol. The van der Waals surface area contributed by atoms with Gasteiger partial charge < -0.3 is 15.4 Å². The van der Waals surface area contributed by atoms with E-state index < -0.39 is 0 Å². The molecule has 0 bridgehead atoms. The molecule has 0 radical (unpaired) electrons. The van der Waals surface area contributed by atoms with Crippen molar-refractivity contribution in [3.05, 3.63) is 30.3 Å². The summed E-state index contributed by atoms with van der Waals surface area (Å²) in [7, 11) is 0. The second-order valence-corrected chi connectivity index (χ2v) is 6.94. The van der Waals surface area contributed by atoms with Crippen molar-refractivity contribution < 1.29 is 14.3 Å². The molecule has 1 aromatic rings. The van der Waals surface area contributed by atoms with Crippen LogP contribution in [0.5, 0.6) is 5.75 Å². The molecule has 1 aliphatic heterocycles. The molecule has 1 saturated heterocycles. The van der Waals surface area contributed by atoms with Crippen LogP contribution >= 0.6 is 0 Å². The maximum Gasteiger partial charge on any atom is 0.234 e. The Morgan fingerprint density at radius 3 is 2.22 bits per heavy atom. The first-order chi connectivity index (χ1) is 13.1. The van der Waals surface area contributed by atoms with E-state index in [2.05, 4.69) is 27.4 Å². The van der Waals surface area contributed by atoms with Crippen molar-refractivity contribution >= 4 is 11.8 Å². The molecule has 150 valence electrons. The van der Waals surface area contributed by atoms with Gasteiger partial charge in [-0.25, -0.2) is 0 Å². The number of amides is 2. The molecule has 27 heavy (non-hydrogen) atoms. The minimum absolute atomic E-state index is 0.00891. The number of piperazine rings is 1. The Hall–Kier alpha value is -2.12. The van der Waals surface area contributed by atoms with Crippen molar-refractivity contribution in [2.24, 2.45) is 0 Å². The molecule has 1 heterocycles. The van der Waals surface area contributed by atoms with Crippen molar-refractivity contribution in [1.82, 2.24) is 20.4 Å². The summed E-state index contributed by atoms with van der Waals surface area (Å²) in [6.45, 7) is 9.03. The van der Waals surface area contributed by atoms with Gasteiger partial charge in [-0.3, -0.25) is 19.4 Å². The first kappa shape index (κ1) is 21.2. The number of benzene rings is 1. The van der Waals surface area contributed by atoms with Crippen LogP contribution < -0.4 is 15.4 Å². The van der Waals surface area contributed by atoms with E-state index in [1.807, 2.05) is 37.3 Å². The zero-order valence-corrected chi connectivity index (χ0v) is 16.4. The molecule has 2 N–H and O–H groups in total. The average molecular weight is 377 g/mol.